The minimum Gasteiger partial charge on any atom is -0.127 e. The first-order valence-corrected chi connectivity index (χ1v) is 6.85. The predicted molar refractivity (Wildman–Crippen MR) is 71.3 cm³/mol. The summed E-state index contributed by atoms with van der Waals surface area (Å²) in [4.78, 5) is 0. The number of alkyl halides is 1. The van der Waals surface area contributed by atoms with E-state index in [1.165, 1.54) is 19.3 Å². The summed E-state index contributed by atoms with van der Waals surface area (Å²) in [6.07, 6.45) is 3.75. The second-order valence-electron chi connectivity index (χ2n) is 3.03. The van der Waals surface area contributed by atoms with Crippen molar-refractivity contribution in [3.63, 3.8) is 0 Å². The van der Waals surface area contributed by atoms with Crippen LogP contribution in [0.3, 0.4) is 0 Å². The molecule has 1 heteroatoms. The molecule has 0 spiro atoms. The zero-order chi connectivity index (χ0) is 12.0. The predicted octanol–water partition coefficient (Wildman–Crippen LogP) is 5.74. The Bertz CT molecular complexity index is 71.6. The first kappa shape index (κ1) is 19.8. The third kappa shape index (κ3) is 12.3. The molecule has 0 aromatic rings. The average molecular weight is 223 g/mol. The summed E-state index contributed by atoms with van der Waals surface area (Å²) < 4.78 is 0. The van der Waals surface area contributed by atoms with Crippen molar-refractivity contribution in [2.45, 2.75) is 67.7 Å². The highest BCUT2D eigenvalue weighted by atomic mass is 35.5. The van der Waals surface area contributed by atoms with Gasteiger partial charge < -0.3 is 0 Å². The fourth-order valence-electron chi connectivity index (χ4n) is 1.36. The van der Waals surface area contributed by atoms with Crippen LogP contribution in [-0.4, -0.2) is 5.88 Å². The topological polar surface area (TPSA) is 0 Å². The molecule has 0 aromatic heterocycles. The Hall–Kier alpha value is 0.290. The number of rotatable bonds is 5. The van der Waals surface area contributed by atoms with Crippen LogP contribution in [0.25, 0.3) is 0 Å². The van der Waals surface area contributed by atoms with Crippen LogP contribution in [-0.2, 0) is 0 Å². The summed E-state index contributed by atoms with van der Waals surface area (Å²) >= 11 is 5.68. The highest BCUT2D eigenvalue weighted by molar-refractivity contribution is 6.17. The molecule has 2 atom stereocenters. The highest BCUT2D eigenvalue weighted by Gasteiger charge is 2.11. The SMILES string of the molecule is CC.CC.CCC(C)C(CC)CCCl. The first-order chi connectivity index (χ1) is 6.76. The molecule has 0 fully saturated rings. The zero-order valence-corrected chi connectivity index (χ0v) is 12.1. The molecule has 0 saturated carbocycles. The summed E-state index contributed by atoms with van der Waals surface area (Å²) in [5.74, 6) is 2.52. The van der Waals surface area contributed by atoms with Crippen LogP contribution in [0.1, 0.15) is 67.7 Å². The lowest BCUT2D eigenvalue weighted by atomic mass is 9.88. The standard InChI is InChI=1S/C9H19Cl.2C2H6/c1-4-8(3)9(5-2)6-7-10;2*1-2/h8-9H,4-7H2,1-3H3;2*1-2H3. The van der Waals surface area contributed by atoms with Gasteiger partial charge >= 0.3 is 0 Å². The molecule has 0 aromatic carbocycles. The van der Waals surface area contributed by atoms with Crippen LogP contribution in [0.5, 0.6) is 0 Å². The third-order valence-corrected chi connectivity index (χ3v) is 2.67. The fraction of sp³-hybridized carbons (Fsp3) is 1.00. The van der Waals surface area contributed by atoms with Crippen molar-refractivity contribution < 1.29 is 0 Å². The number of halogens is 1. The average Bonchev–Trinajstić information content (AvgIpc) is 2.30. The van der Waals surface area contributed by atoms with E-state index in [1.807, 2.05) is 27.7 Å². The van der Waals surface area contributed by atoms with Crippen LogP contribution >= 0.6 is 11.6 Å². The second kappa shape index (κ2) is 19.0. The zero-order valence-electron chi connectivity index (χ0n) is 11.4. The Morgan fingerprint density at radius 2 is 1.36 bits per heavy atom. The van der Waals surface area contributed by atoms with Gasteiger partial charge in [0.1, 0.15) is 0 Å². The van der Waals surface area contributed by atoms with E-state index in [0.717, 1.165) is 17.7 Å². The van der Waals surface area contributed by atoms with Crippen molar-refractivity contribution >= 4 is 11.6 Å². The fourth-order valence-corrected chi connectivity index (χ4v) is 1.64. The van der Waals surface area contributed by atoms with Crippen molar-refractivity contribution in [1.29, 1.82) is 0 Å². The van der Waals surface area contributed by atoms with E-state index in [0.29, 0.717) is 0 Å². The van der Waals surface area contributed by atoms with Gasteiger partial charge in [0.05, 0.1) is 0 Å². The summed E-state index contributed by atoms with van der Waals surface area (Å²) in [5.41, 5.74) is 0. The molecule has 0 rings (SSSR count). The van der Waals surface area contributed by atoms with Crippen molar-refractivity contribution in [1.82, 2.24) is 0 Å². The number of hydrogen-bond acceptors (Lipinski definition) is 0. The lowest BCUT2D eigenvalue weighted by molar-refractivity contribution is 0.330. The molecule has 0 saturated heterocycles. The van der Waals surface area contributed by atoms with Crippen molar-refractivity contribution in [3.8, 4) is 0 Å². The van der Waals surface area contributed by atoms with Crippen molar-refractivity contribution in [2.24, 2.45) is 11.8 Å². The van der Waals surface area contributed by atoms with E-state index in [2.05, 4.69) is 20.8 Å². The van der Waals surface area contributed by atoms with Gasteiger partial charge in [0, 0.05) is 5.88 Å². The maximum atomic E-state index is 5.68. The van der Waals surface area contributed by atoms with Gasteiger partial charge in [-0.15, -0.1) is 11.6 Å². The molecule has 14 heavy (non-hydrogen) atoms. The minimum absolute atomic E-state index is 0.822. The summed E-state index contributed by atoms with van der Waals surface area (Å²) in [5, 5.41) is 0. The molecular weight excluding hydrogens is 192 g/mol. The molecule has 0 aliphatic carbocycles. The summed E-state index contributed by atoms with van der Waals surface area (Å²) in [6, 6.07) is 0. The van der Waals surface area contributed by atoms with Gasteiger partial charge in [0.15, 0.2) is 0 Å². The van der Waals surface area contributed by atoms with Gasteiger partial charge in [-0.2, -0.15) is 0 Å². The normalized spacial score (nSPS) is 12.9. The van der Waals surface area contributed by atoms with Crippen molar-refractivity contribution in [3.05, 3.63) is 0 Å². The van der Waals surface area contributed by atoms with E-state index >= 15 is 0 Å². The molecule has 0 N–H and O–H groups in total. The van der Waals surface area contributed by atoms with Crippen LogP contribution in [0.15, 0.2) is 0 Å². The molecule has 0 heterocycles. The second-order valence-corrected chi connectivity index (χ2v) is 3.41. The highest BCUT2D eigenvalue weighted by Crippen LogP contribution is 2.22. The molecule has 0 amide bonds. The lowest BCUT2D eigenvalue weighted by Crippen LogP contribution is -2.10. The van der Waals surface area contributed by atoms with Gasteiger partial charge in [-0.3, -0.25) is 0 Å². The lowest BCUT2D eigenvalue weighted by Gasteiger charge is -2.19. The Morgan fingerprint density at radius 3 is 1.57 bits per heavy atom. The molecule has 0 nitrogen and oxygen atoms in total. The molecule has 2 unspecified atom stereocenters. The van der Waals surface area contributed by atoms with Crippen LogP contribution in [0, 0.1) is 11.8 Å². The van der Waals surface area contributed by atoms with Crippen LogP contribution < -0.4 is 0 Å². The summed E-state index contributed by atoms with van der Waals surface area (Å²) in [6.45, 7) is 14.8. The molecular formula is C13H31Cl. The van der Waals surface area contributed by atoms with E-state index < -0.39 is 0 Å². The first-order valence-electron chi connectivity index (χ1n) is 6.32. The Balaban J connectivity index is -0.000000266. The van der Waals surface area contributed by atoms with E-state index in [9.17, 15) is 0 Å². The maximum Gasteiger partial charge on any atom is 0.0226 e. The van der Waals surface area contributed by atoms with Crippen molar-refractivity contribution in [2.75, 3.05) is 5.88 Å². The van der Waals surface area contributed by atoms with E-state index in [1.54, 1.807) is 0 Å². The van der Waals surface area contributed by atoms with Gasteiger partial charge in [-0.05, 0) is 18.3 Å². The van der Waals surface area contributed by atoms with Gasteiger partial charge in [-0.1, -0.05) is 61.3 Å². The minimum atomic E-state index is 0.822. The molecule has 0 bridgehead atoms. The summed E-state index contributed by atoms with van der Waals surface area (Å²) in [7, 11) is 0. The van der Waals surface area contributed by atoms with E-state index in [-0.39, 0.29) is 0 Å². The molecule has 0 radical (unpaired) electrons. The largest absolute Gasteiger partial charge is 0.127 e. The van der Waals surface area contributed by atoms with E-state index in [4.69, 9.17) is 11.6 Å². The van der Waals surface area contributed by atoms with Gasteiger partial charge in [0.25, 0.3) is 0 Å². The Morgan fingerprint density at radius 1 is 0.929 bits per heavy atom. The number of hydrogen-bond donors (Lipinski definition) is 0. The monoisotopic (exact) mass is 222 g/mol. The molecule has 0 aliphatic heterocycles. The quantitative estimate of drug-likeness (QED) is 0.521. The van der Waals surface area contributed by atoms with Gasteiger partial charge in [-0.25, -0.2) is 0 Å². The Kier molecular flexibility index (Phi) is 26.8. The smallest absolute Gasteiger partial charge is 0.0226 e. The molecule has 0 aliphatic rings. The Labute approximate surface area is 97.4 Å². The maximum absolute atomic E-state index is 5.68. The van der Waals surface area contributed by atoms with Crippen LogP contribution in [0.2, 0.25) is 0 Å². The van der Waals surface area contributed by atoms with Crippen LogP contribution in [0.4, 0.5) is 0 Å². The molecule has 90 valence electrons. The third-order valence-electron chi connectivity index (χ3n) is 2.45. The van der Waals surface area contributed by atoms with Gasteiger partial charge in [0.2, 0.25) is 0 Å².